The molecule has 0 aromatic carbocycles. The molecule has 0 N–H and O–H groups in total. The summed E-state index contributed by atoms with van der Waals surface area (Å²) in [6.45, 7) is 10.8. The van der Waals surface area contributed by atoms with Crippen molar-refractivity contribution in [1.29, 1.82) is 0 Å². The van der Waals surface area contributed by atoms with E-state index in [2.05, 4.69) is 0 Å². The van der Waals surface area contributed by atoms with Gasteiger partial charge in [-0.2, -0.15) is 0 Å². The molecule has 1 saturated heterocycles. The number of amides is 2. The first-order chi connectivity index (χ1) is 10.7. The minimum atomic E-state index is -0.948. The Morgan fingerprint density at radius 2 is 1.58 bits per heavy atom. The maximum Gasteiger partial charge on any atom is 0.417 e. The predicted molar refractivity (Wildman–Crippen MR) is 89.4 cm³/mol. The fourth-order valence-corrected chi connectivity index (χ4v) is 2.52. The standard InChI is InChI=1S/C17H30N2O5/c1-16(2,3)23-14(21)12-9-11(10-18(7)8)13(20)19(12)15(22)24-17(4,5)6/h11-12H,9-10H2,1-8H3/t11-,12-/m0/s1. The van der Waals surface area contributed by atoms with Crippen molar-refractivity contribution in [2.24, 2.45) is 5.92 Å². The van der Waals surface area contributed by atoms with E-state index in [1.807, 2.05) is 19.0 Å². The maximum absolute atomic E-state index is 12.6. The molecule has 7 nitrogen and oxygen atoms in total. The number of hydrogen-bond acceptors (Lipinski definition) is 6. The van der Waals surface area contributed by atoms with Crippen molar-refractivity contribution in [1.82, 2.24) is 9.80 Å². The minimum absolute atomic E-state index is 0.241. The molecule has 1 fully saturated rings. The summed E-state index contributed by atoms with van der Waals surface area (Å²) in [6, 6.07) is -0.948. The SMILES string of the molecule is CN(C)C[C@@H]1C[C@@H](C(=O)OC(C)(C)C)N(C(=O)OC(C)(C)C)C1=O. The Morgan fingerprint density at radius 3 is 2.00 bits per heavy atom. The Kier molecular flexibility index (Phi) is 6.03. The van der Waals surface area contributed by atoms with Gasteiger partial charge in [-0.3, -0.25) is 4.79 Å². The predicted octanol–water partition coefficient (Wildman–Crippen LogP) is 2.04. The molecular weight excluding hydrogens is 312 g/mol. The summed E-state index contributed by atoms with van der Waals surface area (Å²) in [5, 5.41) is 0. The van der Waals surface area contributed by atoms with Crippen LogP contribution in [0.25, 0.3) is 0 Å². The molecule has 1 heterocycles. The molecule has 0 radical (unpaired) electrons. The van der Waals surface area contributed by atoms with Crippen molar-refractivity contribution >= 4 is 18.0 Å². The molecule has 138 valence electrons. The van der Waals surface area contributed by atoms with Crippen LogP contribution in [0.2, 0.25) is 0 Å². The number of rotatable bonds is 3. The summed E-state index contributed by atoms with van der Waals surface area (Å²) in [4.78, 5) is 40.3. The number of nitrogens with zero attached hydrogens (tertiary/aromatic N) is 2. The molecule has 0 saturated carbocycles. The fraction of sp³-hybridized carbons (Fsp3) is 0.824. The second-order valence-electron chi connectivity index (χ2n) is 8.43. The molecule has 24 heavy (non-hydrogen) atoms. The van der Waals surface area contributed by atoms with Gasteiger partial charge >= 0.3 is 12.1 Å². The molecular formula is C17H30N2O5. The number of esters is 1. The third-order valence-electron chi connectivity index (χ3n) is 3.26. The largest absolute Gasteiger partial charge is 0.458 e. The van der Waals surface area contributed by atoms with E-state index in [1.54, 1.807) is 41.5 Å². The van der Waals surface area contributed by atoms with E-state index in [9.17, 15) is 14.4 Å². The molecule has 0 bridgehead atoms. The number of imide groups is 1. The quantitative estimate of drug-likeness (QED) is 0.731. The second kappa shape index (κ2) is 7.09. The van der Waals surface area contributed by atoms with Gasteiger partial charge in [-0.25, -0.2) is 14.5 Å². The molecule has 1 aliphatic heterocycles. The van der Waals surface area contributed by atoms with E-state index in [4.69, 9.17) is 9.47 Å². The Hall–Kier alpha value is -1.63. The molecule has 1 aliphatic rings. The first-order valence-corrected chi connectivity index (χ1v) is 8.15. The highest BCUT2D eigenvalue weighted by molar-refractivity contribution is 6.00. The molecule has 0 aliphatic carbocycles. The van der Waals surface area contributed by atoms with Gasteiger partial charge in [-0.15, -0.1) is 0 Å². The average molecular weight is 342 g/mol. The van der Waals surface area contributed by atoms with Crippen LogP contribution in [0.3, 0.4) is 0 Å². The summed E-state index contributed by atoms with van der Waals surface area (Å²) in [6.07, 6.45) is -0.560. The van der Waals surface area contributed by atoms with E-state index < -0.39 is 41.1 Å². The van der Waals surface area contributed by atoms with Gasteiger partial charge in [0.2, 0.25) is 5.91 Å². The van der Waals surface area contributed by atoms with E-state index in [0.717, 1.165) is 4.90 Å². The monoisotopic (exact) mass is 342 g/mol. The topological polar surface area (TPSA) is 76.2 Å². The molecule has 2 amide bonds. The van der Waals surface area contributed by atoms with E-state index in [1.165, 1.54) is 0 Å². The van der Waals surface area contributed by atoms with Crippen LogP contribution in [0.1, 0.15) is 48.0 Å². The van der Waals surface area contributed by atoms with Crippen LogP contribution >= 0.6 is 0 Å². The van der Waals surface area contributed by atoms with Crippen molar-refractivity contribution in [3.05, 3.63) is 0 Å². The molecule has 0 aromatic heterocycles. The second-order valence-corrected chi connectivity index (χ2v) is 8.43. The third-order valence-corrected chi connectivity index (χ3v) is 3.26. The molecule has 0 aromatic rings. The summed E-state index contributed by atoms with van der Waals surface area (Å²) in [5.41, 5.74) is -1.45. The van der Waals surface area contributed by atoms with Crippen LogP contribution in [0.15, 0.2) is 0 Å². The van der Waals surface area contributed by atoms with Crippen LogP contribution in [-0.2, 0) is 19.1 Å². The van der Waals surface area contributed by atoms with Gasteiger partial charge in [-0.05, 0) is 62.1 Å². The lowest BCUT2D eigenvalue weighted by atomic mass is 10.0. The van der Waals surface area contributed by atoms with E-state index in [-0.39, 0.29) is 6.42 Å². The maximum atomic E-state index is 12.6. The average Bonchev–Trinajstić information content (AvgIpc) is 2.61. The smallest absolute Gasteiger partial charge is 0.417 e. The van der Waals surface area contributed by atoms with Gasteiger partial charge in [-0.1, -0.05) is 0 Å². The minimum Gasteiger partial charge on any atom is -0.458 e. The highest BCUT2D eigenvalue weighted by Crippen LogP contribution is 2.29. The highest BCUT2D eigenvalue weighted by atomic mass is 16.6. The first kappa shape index (κ1) is 20.4. The fourth-order valence-electron chi connectivity index (χ4n) is 2.52. The normalized spacial score (nSPS) is 22.0. The van der Waals surface area contributed by atoms with Gasteiger partial charge in [0, 0.05) is 6.54 Å². The van der Waals surface area contributed by atoms with Gasteiger partial charge in [0.25, 0.3) is 0 Å². The number of carbonyl (C=O) groups excluding carboxylic acids is 3. The van der Waals surface area contributed by atoms with Crippen molar-refractivity contribution in [3.63, 3.8) is 0 Å². The Balaban J connectivity index is 3.05. The lowest BCUT2D eigenvalue weighted by Gasteiger charge is -2.28. The van der Waals surface area contributed by atoms with Crippen molar-refractivity contribution in [2.75, 3.05) is 20.6 Å². The van der Waals surface area contributed by atoms with E-state index in [0.29, 0.717) is 6.54 Å². The Labute approximate surface area is 144 Å². The highest BCUT2D eigenvalue weighted by Gasteiger charge is 2.49. The Bertz CT molecular complexity index is 502. The Morgan fingerprint density at radius 1 is 1.08 bits per heavy atom. The van der Waals surface area contributed by atoms with Crippen LogP contribution in [0.4, 0.5) is 4.79 Å². The molecule has 0 unspecified atom stereocenters. The van der Waals surface area contributed by atoms with E-state index >= 15 is 0 Å². The van der Waals surface area contributed by atoms with Gasteiger partial charge in [0.1, 0.15) is 17.2 Å². The van der Waals surface area contributed by atoms with Gasteiger partial charge in [0.05, 0.1) is 5.92 Å². The lowest BCUT2D eigenvalue weighted by molar-refractivity contribution is -0.161. The van der Waals surface area contributed by atoms with Crippen LogP contribution in [0, 0.1) is 5.92 Å². The summed E-state index contributed by atoms with van der Waals surface area (Å²) in [7, 11) is 3.68. The van der Waals surface area contributed by atoms with Crippen molar-refractivity contribution in [3.8, 4) is 0 Å². The first-order valence-electron chi connectivity index (χ1n) is 8.15. The molecule has 1 rings (SSSR count). The zero-order valence-corrected chi connectivity index (χ0v) is 16.0. The summed E-state index contributed by atoms with van der Waals surface area (Å²) >= 11 is 0. The molecule has 0 spiro atoms. The summed E-state index contributed by atoms with van der Waals surface area (Å²) in [5.74, 6) is -1.41. The number of hydrogen-bond donors (Lipinski definition) is 0. The number of ether oxygens (including phenoxy) is 2. The lowest BCUT2D eigenvalue weighted by Crippen LogP contribution is -2.47. The number of carbonyl (C=O) groups is 3. The van der Waals surface area contributed by atoms with Crippen LogP contribution in [-0.4, -0.2) is 65.7 Å². The van der Waals surface area contributed by atoms with Crippen molar-refractivity contribution in [2.45, 2.75) is 65.2 Å². The zero-order chi connectivity index (χ0) is 18.9. The number of likely N-dealkylation sites (tertiary alicyclic amines) is 1. The van der Waals surface area contributed by atoms with Crippen molar-refractivity contribution < 1.29 is 23.9 Å². The third kappa shape index (κ3) is 5.78. The van der Waals surface area contributed by atoms with Gasteiger partial charge in [0.15, 0.2) is 0 Å². The zero-order valence-electron chi connectivity index (χ0n) is 16.0. The molecule has 2 atom stereocenters. The summed E-state index contributed by atoms with van der Waals surface area (Å²) < 4.78 is 10.7. The molecule has 7 heteroatoms. The van der Waals surface area contributed by atoms with Gasteiger partial charge < -0.3 is 14.4 Å². The van der Waals surface area contributed by atoms with Crippen LogP contribution < -0.4 is 0 Å². The van der Waals surface area contributed by atoms with Crippen LogP contribution in [0.5, 0.6) is 0 Å².